The second-order valence-corrected chi connectivity index (χ2v) is 23.5. The lowest BCUT2D eigenvalue weighted by molar-refractivity contribution is -0.141. The van der Waals surface area contributed by atoms with E-state index in [2.05, 4.69) is 40.8 Å². The number of likely N-dealkylation sites (N-methyl/N-ethyl adjacent to an activating group) is 2. The first-order chi connectivity index (χ1) is 44.5. The zero-order valence-corrected chi connectivity index (χ0v) is 53.5. The third kappa shape index (κ3) is 25.4. The topological polar surface area (TPSA) is 236 Å². The van der Waals surface area contributed by atoms with Crippen LogP contribution in [-0.2, 0) is 48.0 Å². The van der Waals surface area contributed by atoms with E-state index >= 15 is 0 Å². The van der Waals surface area contributed by atoms with Crippen molar-refractivity contribution in [2.24, 2.45) is 21.9 Å². The summed E-state index contributed by atoms with van der Waals surface area (Å²) in [5, 5.41) is 14.4. The van der Waals surface area contributed by atoms with Gasteiger partial charge in [-0.15, -0.1) is 11.3 Å². The third-order valence-corrected chi connectivity index (χ3v) is 16.3. The molecular formula is C66H87F4N11O10S. The number of anilines is 2. The van der Waals surface area contributed by atoms with E-state index in [1.165, 1.54) is 47.6 Å². The number of hydrogen-bond acceptors (Lipinski definition) is 17. The van der Waals surface area contributed by atoms with Gasteiger partial charge in [0.1, 0.15) is 29.9 Å². The van der Waals surface area contributed by atoms with Crippen molar-refractivity contribution in [2.45, 2.75) is 82.7 Å². The van der Waals surface area contributed by atoms with Crippen molar-refractivity contribution in [1.29, 1.82) is 0 Å². The van der Waals surface area contributed by atoms with Crippen LogP contribution in [-0.4, -0.2) is 193 Å². The first-order valence-electron chi connectivity index (χ1n) is 31.1. The molecule has 0 spiro atoms. The van der Waals surface area contributed by atoms with Crippen LogP contribution in [0.3, 0.4) is 0 Å². The predicted octanol–water partition coefficient (Wildman–Crippen LogP) is 9.30. The van der Waals surface area contributed by atoms with Crippen molar-refractivity contribution in [2.75, 3.05) is 137 Å². The highest BCUT2D eigenvalue weighted by molar-refractivity contribution is 7.14. The fourth-order valence-electron chi connectivity index (χ4n) is 10.3. The minimum atomic E-state index is -2.90. The smallest absolute Gasteiger partial charge is 0.325 e. The molecule has 5 N–H and O–H groups in total. The van der Waals surface area contributed by atoms with Gasteiger partial charge in [-0.1, -0.05) is 42.5 Å². The van der Waals surface area contributed by atoms with E-state index in [9.17, 15) is 36.7 Å². The van der Waals surface area contributed by atoms with E-state index in [1.807, 2.05) is 43.3 Å². The lowest BCUT2D eigenvalue weighted by atomic mass is 9.98. The average molecular weight is 1300 g/mol. The number of halogens is 4. The van der Waals surface area contributed by atoms with Crippen molar-refractivity contribution in [3.63, 3.8) is 0 Å². The molecule has 26 heteroatoms. The maximum atomic E-state index is 14.5. The van der Waals surface area contributed by atoms with Gasteiger partial charge in [0.25, 0.3) is 6.43 Å². The number of benzene rings is 4. The largest absolute Gasteiger partial charge is 0.497 e. The molecule has 7 rings (SSSR count). The summed E-state index contributed by atoms with van der Waals surface area (Å²) in [6.45, 7) is 8.42. The van der Waals surface area contributed by atoms with Crippen LogP contribution in [0.25, 0.3) is 0 Å². The Morgan fingerprint density at radius 1 is 0.793 bits per heavy atom. The quantitative estimate of drug-likeness (QED) is 0.00944. The van der Waals surface area contributed by atoms with Crippen LogP contribution < -0.4 is 36.0 Å². The van der Waals surface area contributed by atoms with Crippen LogP contribution in [0, 0.1) is 5.92 Å². The van der Waals surface area contributed by atoms with Crippen LogP contribution in [0.15, 0.2) is 113 Å². The van der Waals surface area contributed by atoms with E-state index in [0.717, 1.165) is 50.1 Å². The molecule has 1 aliphatic heterocycles. The molecule has 0 bridgehead atoms. The fraction of sp³-hybridized carbons (Fsp3) is 0.500. The Balaban J connectivity index is 0.696. The van der Waals surface area contributed by atoms with E-state index < -0.39 is 48.6 Å². The standard InChI is InChI=1S/C66H87F4N11O10S/c1-78(32-36-89-38-37-87-34-24-54(77-71)45-72-26-35-88-39-40-91-58-20-14-53(15-21-58)74-64(85)76-65-75-55(47-92-65)42-60(83)80-30-28-79(2)29-31-80)27-4-5-33-90-57-18-9-48(10-19-57)13-22-59(82)81(46-50-23-25-66(69,70)43-50)61(51-7-6-8-52(41-51)62(67)68)63(84)73-44-49-11-16-56(86-3)17-12-49/h6-12,14-21,41,45,47,50,61-62H,4-5,13,22-40,42-44,46,71H2,1-3H3,(H,73,84)(H2,74,75,76,85)/b72-45?,77-54-. The number of hydrogen-bond donors (Lipinski definition) is 4. The molecule has 500 valence electrons. The van der Waals surface area contributed by atoms with Gasteiger partial charge >= 0.3 is 6.03 Å². The number of urea groups is 1. The molecule has 2 heterocycles. The molecule has 1 saturated heterocycles. The molecule has 0 radical (unpaired) electrons. The Morgan fingerprint density at radius 2 is 1.47 bits per heavy atom. The van der Waals surface area contributed by atoms with Gasteiger partial charge in [-0.2, -0.15) is 5.10 Å². The summed E-state index contributed by atoms with van der Waals surface area (Å²) in [7, 11) is 5.61. The van der Waals surface area contributed by atoms with Crippen LogP contribution in [0.1, 0.15) is 85.4 Å². The summed E-state index contributed by atoms with van der Waals surface area (Å²) < 4.78 is 91.1. The lowest BCUT2D eigenvalue weighted by Crippen LogP contribution is -2.47. The molecular weight excluding hydrogens is 1210 g/mol. The monoisotopic (exact) mass is 1300 g/mol. The molecule has 5 aromatic rings. The molecule has 1 aromatic heterocycles. The number of aromatic nitrogens is 1. The molecule has 21 nitrogen and oxygen atoms in total. The molecule has 2 unspecified atom stereocenters. The SMILES string of the molecule is COc1ccc(CNC(=O)C(c2cccc(C(F)F)c2)N(CC2CCC(F)(F)C2)C(=O)CCc2ccc(OCCCCN(C)CCOCCOCC/C(C=NCCOCCOc3ccc(NC(=O)Nc4nc(CC(=O)N5CCN(C)CC5)cs4)cc3)=N/N)cc2)cc1. The Hall–Kier alpha value is -7.75. The van der Waals surface area contributed by atoms with E-state index in [1.54, 1.807) is 60.1 Å². The molecule has 1 aliphatic carbocycles. The number of nitrogens with zero attached hydrogens (tertiary/aromatic N) is 7. The number of rotatable bonds is 39. The summed E-state index contributed by atoms with van der Waals surface area (Å²) >= 11 is 1.27. The number of methoxy groups -OCH3 is 1. The molecule has 2 aliphatic rings. The maximum Gasteiger partial charge on any atom is 0.325 e. The average Bonchev–Trinajstić information content (AvgIpc) is 1.17. The number of carbonyl (C=O) groups is 4. The van der Waals surface area contributed by atoms with Crippen molar-refractivity contribution >= 4 is 57.8 Å². The Kier molecular flexibility index (Phi) is 29.9. The number of aliphatic imine (C=N–C) groups is 1. The van der Waals surface area contributed by atoms with Crippen molar-refractivity contribution < 1.29 is 65.2 Å². The predicted molar refractivity (Wildman–Crippen MR) is 346 cm³/mol. The first-order valence-corrected chi connectivity index (χ1v) is 32.0. The summed E-state index contributed by atoms with van der Waals surface area (Å²) in [6.07, 6.45) is 0.797. The van der Waals surface area contributed by atoms with E-state index in [-0.39, 0.29) is 62.2 Å². The number of aryl methyl sites for hydroxylation is 1. The Bertz CT molecular complexity index is 3100. The number of ether oxygens (including phenoxy) is 6. The second-order valence-electron chi connectivity index (χ2n) is 22.7. The molecule has 1 saturated carbocycles. The maximum absolute atomic E-state index is 14.5. The highest BCUT2D eigenvalue weighted by Gasteiger charge is 2.42. The van der Waals surface area contributed by atoms with Gasteiger partial charge in [-0.25, -0.2) is 27.3 Å². The summed E-state index contributed by atoms with van der Waals surface area (Å²) in [5.74, 6) is 2.95. The summed E-state index contributed by atoms with van der Waals surface area (Å²) in [4.78, 5) is 70.0. The first kappa shape index (κ1) is 71.7. The number of amides is 5. The fourth-order valence-corrected chi connectivity index (χ4v) is 11.0. The number of unbranched alkanes of at least 4 members (excludes halogenated alkanes) is 1. The number of nitrogens with one attached hydrogen (secondary N) is 3. The molecule has 5 amide bonds. The minimum absolute atomic E-state index is 0.0333. The van der Waals surface area contributed by atoms with Crippen LogP contribution in [0.5, 0.6) is 17.2 Å². The zero-order chi connectivity index (χ0) is 65.5. The van der Waals surface area contributed by atoms with Crippen molar-refractivity contribution in [3.05, 3.63) is 130 Å². The van der Waals surface area contributed by atoms with Crippen LogP contribution in [0.4, 0.5) is 33.2 Å². The van der Waals surface area contributed by atoms with Gasteiger partial charge in [0.05, 0.1) is 77.7 Å². The van der Waals surface area contributed by atoms with Gasteiger partial charge in [0, 0.05) is 94.3 Å². The lowest BCUT2D eigenvalue weighted by Gasteiger charge is -2.34. The molecule has 4 aromatic carbocycles. The number of thiazole rings is 1. The number of alkyl halides is 4. The van der Waals surface area contributed by atoms with Gasteiger partial charge in [0.2, 0.25) is 23.6 Å². The Labute approximate surface area is 540 Å². The molecule has 2 atom stereocenters. The van der Waals surface area contributed by atoms with Gasteiger partial charge in [-0.3, -0.25) is 24.7 Å². The van der Waals surface area contributed by atoms with E-state index in [4.69, 9.17) is 34.3 Å². The normalized spacial score (nSPS) is 15.4. The summed E-state index contributed by atoms with van der Waals surface area (Å²) in [6, 6.07) is 24.9. The van der Waals surface area contributed by atoms with Gasteiger partial charge in [-0.05, 0) is 124 Å². The Morgan fingerprint density at radius 3 is 2.17 bits per heavy atom. The third-order valence-electron chi connectivity index (χ3n) is 15.5. The summed E-state index contributed by atoms with van der Waals surface area (Å²) in [5.41, 5.74) is 3.19. The number of hydrazone groups is 1. The highest BCUT2D eigenvalue weighted by atomic mass is 32.1. The second kappa shape index (κ2) is 38.3. The number of piperazine rings is 1. The minimum Gasteiger partial charge on any atom is -0.497 e. The van der Waals surface area contributed by atoms with E-state index in [0.29, 0.717) is 118 Å². The van der Waals surface area contributed by atoms with Gasteiger partial charge in [0.15, 0.2) is 5.13 Å². The van der Waals surface area contributed by atoms with Crippen molar-refractivity contribution in [1.82, 2.24) is 29.9 Å². The number of carbonyl (C=O) groups excluding carboxylic acids is 4. The molecule has 2 fully saturated rings. The van der Waals surface area contributed by atoms with Crippen molar-refractivity contribution in [3.8, 4) is 17.2 Å². The van der Waals surface area contributed by atoms with Gasteiger partial charge < -0.3 is 64.5 Å². The zero-order valence-electron chi connectivity index (χ0n) is 52.7. The molecule has 92 heavy (non-hydrogen) atoms. The number of nitrogens with two attached hydrogens (primary N) is 1. The highest BCUT2D eigenvalue weighted by Crippen LogP contribution is 2.40. The van der Waals surface area contributed by atoms with Crippen LogP contribution in [0.2, 0.25) is 0 Å². The van der Waals surface area contributed by atoms with Crippen LogP contribution >= 0.6 is 11.3 Å².